The van der Waals surface area contributed by atoms with E-state index in [0.29, 0.717) is 0 Å². The number of halogens is 1. The maximum absolute atomic E-state index is 12.1. The minimum Gasteiger partial charge on any atom is -0.322 e. The van der Waals surface area contributed by atoms with Crippen LogP contribution in [-0.4, -0.2) is 49.1 Å². The predicted octanol–water partition coefficient (Wildman–Crippen LogP) is 2.54. The fraction of sp³-hybridized carbons (Fsp3) is 0.462. The summed E-state index contributed by atoms with van der Waals surface area (Å²) in [6, 6.07) is 5.82. The van der Waals surface area contributed by atoms with Crippen molar-refractivity contribution in [1.82, 2.24) is 9.80 Å². The number of hydrogen-bond donors (Lipinski definition) is 1. The minimum atomic E-state index is -0.00991. The number of urea groups is 1. The molecule has 2 rings (SSSR count). The molecule has 1 aromatic carbocycles. The van der Waals surface area contributed by atoms with Gasteiger partial charge >= 0.3 is 6.03 Å². The average molecular weight is 312 g/mol. The number of likely N-dealkylation sites (N-methyl/N-ethyl adjacent to an activating group) is 1. The van der Waals surface area contributed by atoms with E-state index < -0.39 is 0 Å². The van der Waals surface area contributed by atoms with Crippen LogP contribution in [0.25, 0.3) is 0 Å². The summed E-state index contributed by atoms with van der Waals surface area (Å²) in [5, 5.41) is 2.97. The van der Waals surface area contributed by atoms with E-state index in [1.807, 2.05) is 30.0 Å². The molecule has 0 atom stereocenters. The number of amides is 2. The van der Waals surface area contributed by atoms with Gasteiger partial charge in [-0.25, -0.2) is 4.79 Å². The first-order valence-corrected chi connectivity index (χ1v) is 6.87. The van der Waals surface area contributed by atoms with Gasteiger partial charge in [0.15, 0.2) is 0 Å². The molecule has 2 amide bonds. The lowest BCUT2D eigenvalue weighted by molar-refractivity contribution is 0.164. The normalized spacial score (nSPS) is 16.7. The summed E-state index contributed by atoms with van der Waals surface area (Å²) in [5.41, 5.74) is 1.92. The zero-order valence-electron chi connectivity index (χ0n) is 10.7. The molecule has 1 saturated heterocycles. The van der Waals surface area contributed by atoms with Crippen LogP contribution in [0.15, 0.2) is 22.7 Å². The third-order valence-corrected chi connectivity index (χ3v) is 4.16. The molecule has 1 fully saturated rings. The minimum absolute atomic E-state index is 0.00991. The van der Waals surface area contributed by atoms with Gasteiger partial charge in [0.1, 0.15) is 0 Å². The highest BCUT2D eigenvalue weighted by Gasteiger charge is 2.19. The van der Waals surface area contributed by atoms with Gasteiger partial charge in [0.2, 0.25) is 0 Å². The van der Waals surface area contributed by atoms with Crippen molar-refractivity contribution in [3.63, 3.8) is 0 Å². The van der Waals surface area contributed by atoms with E-state index in [9.17, 15) is 4.79 Å². The van der Waals surface area contributed by atoms with Crippen molar-refractivity contribution >= 4 is 27.6 Å². The van der Waals surface area contributed by atoms with E-state index in [0.717, 1.165) is 41.9 Å². The number of piperazine rings is 1. The fourth-order valence-electron chi connectivity index (χ4n) is 1.95. The standard InChI is InChI=1S/C13H18BrN3O/c1-10-11(14)4-3-5-12(10)15-13(18)17-8-6-16(2)7-9-17/h3-5H,6-9H2,1-2H3,(H,15,18). The summed E-state index contributed by atoms with van der Waals surface area (Å²) in [6.07, 6.45) is 0. The molecule has 0 radical (unpaired) electrons. The maximum Gasteiger partial charge on any atom is 0.321 e. The number of hydrogen-bond acceptors (Lipinski definition) is 2. The summed E-state index contributed by atoms with van der Waals surface area (Å²) in [5.74, 6) is 0. The molecule has 98 valence electrons. The van der Waals surface area contributed by atoms with Crippen LogP contribution in [0.2, 0.25) is 0 Å². The van der Waals surface area contributed by atoms with Crippen LogP contribution in [0, 0.1) is 6.92 Å². The molecular weight excluding hydrogens is 294 g/mol. The van der Waals surface area contributed by atoms with E-state index in [-0.39, 0.29) is 6.03 Å². The fourth-order valence-corrected chi connectivity index (χ4v) is 2.31. The number of carbonyl (C=O) groups excluding carboxylic acids is 1. The Kier molecular flexibility index (Phi) is 4.24. The summed E-state index contributed by atoms with van der Waals surface area (Å²) < 4.78 is 1.01. The molecule has 1 N–H and O–H groups in total. The highest BCUT2D eigenvalue weighted by atomic mass is 79.9. The van der Waals surface area contributed by atoms with Crippen molar-refractivity contribution in [2.75, 3.05) is 38.5 Å². The molecule has 5 heteroatoms. The SMILES string of the molecule is Cc1c(Br)cccc1NC(=O)N1CCN(C)CC1. The summed E-state index contributed by atoms with van der Waals surface area (Å²) >= 11 is 3.47. The van der Waals surface area contributed by atoms with E-state index in [2.05, 4.69) is 33.2 Å². The number of nitrogens with zero attached hydrogens (tertiary/aromatic N) is 2. The Balaban J connectivity index is 2.01. The molecule has 0 aliphatic carbocycles. The molecule has 0 spiro atoms. The van der Waals surface area contributed by atoms with Crippen LogP contribution in [0.3, 0.4) is 0 Å². The van der Waals surface area contributed by atoms with Crippen LogP contribution in [0.5, 0.6) is 0 Å². The third kappa shape index (κ3) is 3.03. The highest BCUT2D eigenvalue weighted by Crippen LogP contribution is 2.23. The summed E-state index contributed by atoms with van der Waals surface area (Å²) in [4.78, 5) is 16.2. The molecule has 1 aliphatic rings. The molecule has 18 heavy (non-hydrogen) atoms. The van der Waals surface area contributed by atoms with Gasteiger partial charge in [0, 0.05) is 36.3 Å². The lowest BCUT2D eigenvalue weighted by Gasteiger charge is -2.32. The van der Waals surface area contributed by atoms with Crippen LogP contribution < -0.4 is 5.32 Å². The van der Waals surface area contributed by atoms with Crippen LogP contribution in [0.4, 0.5) is 10.5 Å². The van der Waals surface area contributed by atoms with Gasteiger partial charge in [0.25, 0.3) is 0 Å². The van der Waals surface area contributed by atoms with Gasteiger partial charge in [0.05, 0.1) is 0 Å². The lowest BCUT2D eigenvalue weighted by atomic mass is 10.2. The maximum atomic E-state index is 12.1. The van der Waals surface area contributed by atoms with Gasteiger partial charge in [-0.15, -0.1) is 0 Å². The van der Waals surface area contributed by atoms with Crippen molar-refractivity contribution in [2.45, 2.75) is 6.92 Å². The average Bonchev–Trinajstić information content (AvgIpc) is 2.36. The Bertz CT molecular complexity index is 442. The predicted molar refractivity (Wildman–Crippen MR) is 77.0 cm³/mol. The van der Waals surface area contributed by atoms with Crippen molar-refractivity contribution in [3.8, 4) is 0 Å². The molecule has 0 unspecified atom stereocenters. The largest absolute Gasteiger partial charge is 0.322 e. The molecular formula is C13H18BrN3O. The molecule has 1 aliphatic heterocycles. The number of nitrogens with one attached hydrogen (secondary N) is 1. The topological polar surface area (TPSA) is 35.6 Å². The molecule has 4 nitrogen and oxygen atoms in total. The molecule has 0 bridgehead atoms. The molecule has 1 heterocycles. The Hall–Kier alpha value is -1.07. The van der Waals surface area contributed by atoms with Crippen molar-refractivity contribution in [1.29, 1.82) is 0 Å². The van der Waals surface area contributed by atoms with Gasteiger partial charge in [-0.05, 0) is 31.7 Å². The van der Waals surface area contributed by atoms with Crippen molar-refractivity contribution < 1.29 is 4.79 Å². The summed E-state index contributed by atoms with van der Waals surface area (Å²) in [7, 11) is 2.08. The first kappa shape index (κ1) is 13.4. The Morgan fingerprint density at radius 1 is 1.28 bits per heavy atom. The van der Waals surface area contributed by atoms with Gasteiger partial charge in [-0.2, -0.15) is 0 Å². The quantitative estimate of drug-likeness (QED) is 0.865. The third-order valence-electron chi connectivity index (χ3n) is 3.30. The van der Waals surface area contributed by atoms with Crippen LogP contribution >= 0.6 is 15.9 Å². The number of benzene rings is 1. The second kappa shape index (κ2) is 5.71. The van der Waals surface area contributed by atoms with Crippen LogP contribution in [0.1, 0.15) is 5.56 Å². The molecule has 1 aromatic rings. The zero-order valence-corrected chi connectivity index (χ0v) is 12.3. The second-order valence-corrected chi connectivity index (χ2v) is 5.49. The van der Waals surface area contributed by atoms with E-state index >= 15 is 0 Å². The lowest BCUT2D eigenvalue weighted by Crippen LogP contribution is -2.48. The zero-order chi connectivity index (χ0) is 13.1. The number of anilines is 1. The highest BCUT2D eigenvalue weighted by molar-refractivity contribution is 9.10. The monoisotopic (exact) mass is 311 g/mol. The van der Waals surface area contributed by atoms with Crippen molar-refractivity contribution in [2.24, 2.45) is 0 Å². The smallest absolute Gasteiger partial charge is 0.321 e. The van der Waals surface area contributed by atoms with Gasteiger partial charge in [-0.3, -0.25) is 0 Å². The van der Waals surface area contributed by atoms with E-state index in [4.69, 9.17) is 0 Å². The first-order chi connectivity index (χ1) is 8.58. The van der Waals surface area contributed by atoms with Gasteiger partial charge < -0.3 is 15.1 Å². The molecule has 0 saturated carbocycles. The van der Waals surface area contributed by atoms with Crippen molar-refractivity contribution in [3.05, 3.63) is 28.2 Å². The van der Waals surface area contributed by atoms with E-state index in [1.165, 1.54) is 0 Å². The first-order valence-electron chi connectivity index (χ1n) is 6.07. The van der Waals surface area contributed by atoms with Crippen LogP contribution in [-0.2, 0) is 0 Å². The second-order valence-electron chi connectivity index (χ2n) is 4.63. The van der Waals surface area contributed by atoms with E-state index in [1.54, 1.807) is 0 Å². The summed E-state index contributed by atoms with van der Waals surface area (Å²) in [6.45, 7) is 5.43. The Morgan fingerprint density at radius 3 is 2.61 bits per heavy atom. The molecule has 0 aromatic heterocycles. The van der Waals surface area contributed by atoms with Gasteiger partial charge in [-0.1, -0.05) is 22.0 Å². The number of rotatable bonds is 1. The Labute approximate surface area is 116 Å². The number of carbonyl (C=O) groups is 1. The Morgan fingerprint density at radius 2 is 1.94 bits per heavy atom.